The molecule has 0 saturated carbocycles. The molecule has 0 heterocycles. The molecular formula is C17H19ClN2O2. The topological polar surface area (TPSA) is 55.2 Å². The number of hydrogen-bond donors (Lipinski definition) is 1. The highest BCUT2D eigenvalue weighted by Crippen LogP contribution is 2.19. The summed E-state index contributed by atoms with van der Waals surface area (Å²) in [5.41, 5.74) is 2.32. The molecule has 0 aromatic heterocycles. The first-order valence-electron chi connectivity index (χ1n) is 7.28. The highest BCUT2D eigenvalue weighted by molar-refractivity contribution is 6.30. The van der Waals surface area contributed by atoms with E-state index in [1.165, 1.54) is 11.6 Å². The number of nitro groups is 1. The Hall–Kier alpha value is -1.91. The molecule has 0 aliphatic heterocycles. The first-order chi connectivity index (χ1) is 10.6. The second-order valence-electron chi connectivity index (χ2n) is 5.26. The standard InChI is InChI=1S/C17H19ClN2O2/c1-13(15-5-2-6-17(12-15)20(21)22)19-11-3-4-14-7-9-16(18)10-8-14/h2,5-10,12-13,19H,3-4,11H2,1H3. The summed E-state index contributed by atoms with van der Waals surface area (Å²) in [6.07, 6.45) is 1.98. The van der Waals surface area contributed by atoms with Crippen LogP contribution in [0.4, 0.5) is 5.69 Å². The van der Waals surface area contributed by atoms with Crippen molar-refractivity contribution in [3.8, 4) is 0 Å². The molecule has 0 aliphatic rings. The molecule has 116 valence electrons. The van der Waals surface area contributed by atoms with Crippen LogP contribution in [0.2, 0.25) is 5.02 Å². The van der Waals surface area contributed by atoms with Crippen molar-refractivity contribution in [3.05, 3.63) is 74.8 Å². The van der Waals surface area contributed by atoms with Crippen molar-refractivity contribution in [2.45, 2.75) is 25.8 Å². The van der Waals surface area contributed by atoms with Gasteiger partial charge in [-0.25, -0.2) is 0 Å². The Morgan fingerprint density at radius 1 is 1.23 bits per heavy atom. The Balaban J connectivity index is 1.80. The Kier molecular flexibility index (Phi) is 5.92. The molecule has 1 atom stereocenters. The van der Waals surface area contributed by atoms with Crippen LogP contribution >= 0.6 is 11.6 Å². The van der Waals surface area contributed by atoms with E-state index in [1.807, 2.05) is 37.3 Å². The first kappa shape index (κ1) is 16.5. The third kappa shape index (κ3) is 4.83. The lowest BCUT2D eigenvalue weighted by atomic mass is 10.1. The van der Waals surface area contributed by atoms with E-state index in [9.17, 15) is 10.1 Å². The molecule has 0 spiro atoms. The SMILES string of the molecule is CC(NCCCc1ccc(Cl)cc1)c1cccc([N+](=O)[O-])c1. The third-order valence-electron chi connectivity index (χ3n) is 3.59. The lowest BCUT2D eigenvalue weighted by molar-refractivity contribution is -0.384. The van der Waals surface area contributed by atoms with Gasteiger partial charge in [0.25, 0.3) is 5.69 Å². The summed E-state index contributed by atoms with van der Waals surface area (Å²) in [6, 6.07) is 14.7. The van der Waals surface area contributed by atoms with Crippen molar-refractivity contribution in [2.24, 2.45) is 0 Å². The van der Waals surface area contributed by atoms with E-state index in [1.54, 1.807) is 12.1 Å². The summed E-state index contributed by atoms with van der Waals surface area (Å²) in [7, 11) is 0. The van der Waals surface area contributed by atoms with Gasteiger partial charge in [0, 0.05) is 23.2 Å². The van der Waals surface area contributed by atoms with E-state index >= 15 is 0 Å². The Morgan fingerprint density at radius 2 is 1.95 bits per heavy atom. The van der Waals surface area contributed by atoms with Crippen molar-refractivity contribution in [1.29, 1.82) is 0 Å². The van der Waals surface area contributed by atoms with Gasteiger partial charge in [0.1, 0.15) is 0 Å². The van der Waals surface area contributed by atoms with Gasteiger partial charge in [-0.05, 0) is 49.6 Å². The van der Waals surface area contributed by atoms with Crippen molar-refractivity contribution in [1.82, 2.24) is 5.32 Å². The maximum atomic E-state index is 10.8. The molecule has 22 heavy (non-hydrogen) atoms. The predicted octanol–water partition coefficient (Wildman–Crippen LogP) is 4.53. The van der Waals surface area contributed by atoms with Crippen LogP contribution in [0.5, 0.6) is 0 Å². The maximum Gasteiger partial charge on any atom is 0.269 e. The molecule has 1 unspecified atom stereocenters. The second kappa shape index (κ2) is 7.92. The lowest BCUT2D eigenvalue weighted by Gasteiger charge is -2.14. The van der Waals surface area contributed by atoms with E-state index in [2.05, 4.69) is 5.32 Å². The van der Waals surface area contributed by atoms with Crippen LogP contribution in [0, 0.1) is 10.1 Å². The summed E-state index contributed by atoms with van der Waals surface area (Å²) >= 11 is 5.86. The van der Waals surface area contributed by atoms with E-state index in [-0.39, 0.29) is 16.7 Å². The number of aryl methyl sites for hydroxylation is 1. The smallest absolute Gasteiger partial charge is 0.269 e. The zero-order valence-electron chi connectivity index (χ0n) is 12.5. The Morgan fingerprint density at radius 3 is 2.64 bits per heavy atom. The molecule has 5 heteroatoms. The number of halogens is 1. The van der Waals surface area contributed by atoms with E-state index in [0.29, 0.717) is 0 Å². The van der Waals surface area contributed by atoms with Crippen LogP contribution in [-0.4, -0.2) is 11.5 Å². The van der Waals surface area contributed by atoms with Crippen molar-refractivity contribution >= 4 is 17.3 Å². The minimum Gasteiger partial charge on any atom is -0.310 e. The lowest BCUT2D eigenvalue weighted by Crippen LogP contribution is -2.20. The molecule has 1 N–H and O–H groups in total. The molecule has 0 fully saturated rings. The summed E-state index contributed by atoms with van der Waals surface area (Å²) in [5.74, 6) is 0. The number of benzene rings is 2. The number of nitrogens with zero attached hydrogens (tertiary/aromatic N) is 1. The average Bonchev–Trinajstić information content (AvgIpc) is 2.53. The van der Waals surface area contributed by atoms with E-state index in [4.69, 9.17) is 11.6 Å². The fraction of sp³-hybridized carbons (Fsp3) is 0.294. The highest BCUT2D eigenvalue weighted by atomic mass is 35.5. The molecule has 0 amide bonds. The monoisotopic (exact) mass is 318 g/mol. The number of non-ortho nitro benzene ring substituents is 1. The van der Waals surface area contributed by atoms with Crippen LogP contribution in [0.1, 0.15) is 30.5 Å². The van der Waals surface area contributed by atoms with Gasteiger partial charge >= 0.3 is 0 Å². The maximum absolute atomic E-state index is 10.8. The van der Waals surface area contributed by atoms with Crippen molar-refractivity contribution in [2.75, 3.05) is 6.54 Å². The number of rotatable bonds is 7. The molecular weight excluding hydrogens is 300 g/mol. The molecule has 0 saturated heterocycles. The molecule has 0 bridgehead atoms. The van der Waals surface area contributed by atoms with Crippen molar-refractivity contribution < 1.29 is 4.92 Å². The van der Waals surface area contributed by atoms with Crippen LogP contribution in [0.15, 0.2) is 48.5 Å². The van der Waals surface area contributed by atoms with Gasteiger partial charge in [0.2, 0.25) is 0 Å². The fourth-order valence-corrected chi connectivity index (χ4v) is 2.41. The van der Waals surface area contributed by atoms with Gasteiger partial charge in [-0.15, -0.1) is 0 Å². The summed E-state index contributed by atoms with van der Waals surface area (Å²) in [4.78, 5) is 10.4. The van der Waals surface area contributed by atoms with Crippen LogP contribution in [0.3, 0.4) is 0 Å². The van der Waals surface area contributed by atoms with Gasteiger partial charge in [-0.3, -0.25) is 10.1 Å². The minimum atomic E-state index is -0.364. The van der Waals surface area contributed by atoms with Gasteiger partial charge in [0.15, 0.2) is 0 Å². The molecule has 2 rings (SSSR count). The van der Waals surface area contributed by atoms with Gasteiger partial charge in [-0.1, -0.05) is 35.9 Å². The average molecular weight is 319 g/mol. The van der Waals surface area contributed by atoms with Gasteiger partial charge < -0.3 is 5.32 Å². The molecule has 4 nitrogen and oxygen atoms in total. The second-order valence-corrected chi connectivity index (χ2v) is 5.69. The van der Waals surface area contributed by atoms with Gasteiger partial charge in [0.05, 0.1) is 4.92 Å². The number of hydrogen-bond acceptors (Lipinski definition) is 3. The molecule has 0 aliphatic carbocycles. The van der Waals surface area contributed by atoms with Crippen molar-refractivity contribution in [3.63, 3.8) is 0 Å². The van der Waals surface area contributed by atoms with Crippen LogP contribution < -0.4 is 5.32 Å². The van der Waals surface area contributed by atoms with Crippen LogP contribution in [-0.2, 0) is 6.42 Å². The molecule has 2 aromatic carbocycles. The molecule has 0 radical (unpaired) electrons. The summed E-state index contributed by atoms with van der Waals surface area (Å²) in [6.45, 7) is 2.87. The number of nitrogens with one attached hydrogen (secondary N) is 1. The highest BCUT2D eigenvalue weighted by Gasteiger charge is 2.10. The molecule has 2 aromatic rings. The fourth-order valence-electron chi connectivity index (χ4n) is 2.29. The summed E-state index contributed by atoms with van der Waals surface area (Å²) in [5, 5.41) is 14.9. The number of nitro benzene ring substituents is 1. The zero-order valence-corrected chi connectivity index (χ0v) is 13.2. The zero-order chi connectivity index (χ0) is 15.9. The largest absolute Gasteiger partial charge is 0.310 e. The van der Waals surface area contributed by atoms with Crippen LogP contribution in [0.25, 0.3) is 0 Å². The van der Waals surface area contributed by atoms with E-state index in [0.717, 1.165) is 30.0 Å². The Labute approximate surface area is 135 Å². The normalized spacial score (nSPS) is 12.1. The quantitative estimate of drug-likeness (QED) is 0.463. The predicted molar refractivity (Wildman–Crippen MR) is 89.3 cm³/mol. The third-order valence-corrected chi connectivity index (χ3v) is 3.84. The minimum absolute atomic E-state index is 0.0881. The van der Waals surface area contributed by atoms with Gasteiger partial charge in [-0.2, -0.15) is 0 Å². The first-order valence-corrected chi connectivity index (χ1v) is 7.66. The van der Waals surface area contributed by atoms with E-state index < -0.39 is 0 Å². The summed E-state index contributed by atoms with van der Waals surface area (Å²) < 4.78 is 0. The Bertz CT molecular complexity index is 629.